The van der Waals surface area contributed by atoms with Gasteiger partial charge in [0, 0.05) is 57.3 Å². The van der Waals surface area contributed by atoms with Crippen LogP contribution in [0.4, 0.5) is 13.6 Å². The fraction of sp³-hybridized carbons (Fsp3) is 0.412. The lowest BCUT2D eigenvalue weighted by Gasteiger charge is -2.37. The fourth-order valence-corrected chi connectivity index (χ4v) is 6.55. The molecule has 0 N–H and O–H groups in total. The molecule has 3 saturated heterocycles. The first-order valence-corrected chi connectivity index (χ1v) is 15.2. The van der Waals surface area contributed by atoms with Gasteiger partial charge in [-0.15, -0.1) is 0 Å². The molecule has 3 aliphatic rings. The van der Waals surface area contributed by atoms with Gasteiger partial charge in [-0.3, -0.25) is 19.6 Å². The molecule has 2 amide bonds. The Morgan fingerprint density at radius 3 is 2.34 bits per heavy atom. The van der Waals surface area contributed by atoms with E-state index in [1.165, 1.54) is 5.56 Å². The van der Waals surface area contributed by atoms with E-state index in [2.05, 4.69) is 29.2 Å². The largest absolute Gasteiger partial charge is 0.441 e. The number of carbonyl (C=O) groups excluding carboxylic acids is 2. The lowest BCUT2D eigenvalue weighted by Crippen LogP contribution is -2.46. The molecule has 6 rings (SSSR count). The molecule has 1 aromatic heterocycles. The van der Waals surface area contributed by atoms with Gasteiger partial charge >= 0.3 is 6.09 Å². The minimum Gasteiger partial charge on any atom is -0.441 e. The second-order valence-corrected chi connectivity index (χ2v) is 12.2. The number of ether oxygens (including phenoxy) is 1. The summed E-state index contributed by atoms with van der Waals surface area (Å²) in [5.74, 6) is -0.909. The summed E-state index contributed by atoms with van der Waals surface area (Å²) >= 11 is 0. The lowest BCUT2D eigenvalue weighted by atomic mass is 9.90. The maximum atomic E-state index is 14.4. The van der Waals surface area contributed by atoms with Gasteiger partial charge in [0.25, 0.3) is 5.91 Å². The van der Waals surface area contributed by atoms with E-state index in [0.29, 0.717) is 49.7 Å². The van der Waals surface area contributed by atoms with Gasteiger partial charge in [-0.1, -0.05) is 30.3 Å². The van der Waals surface area contributed by atoms with E-state index in [4.69, 9.17) is 10.00 Å². The third-order valence-corrected chi connectivity index (χ3v) is 9.15. The number of amides is 2. The fourth-order valence-electron chi connectivity index (χ4n) is 6.55. The molecular formula is C34H35F2N5O3. The summed E-state index contributed by atoms with van der Waals surface area (Å²) in [6.45, 7) is 3.24. The van der Waals surface area contributed by atoms with E-state index in [1.807, 2.05) is 15.9 Å². The number of likely N-dealkylation sites (tertiary alicyclic amines) is 2. The molecular weight excluding hydrogens is 564 g/mol. The van der Waals surface area contributed by atoms with Gasteiger partial charge in [0.2, 0.25) is 0 Å². The maximum absolute atomic E-state index is 14.4. The number of nitriles is 1. The average molecular weight is 600 g/mol. The first-order chi connectivity index (χ1) is 21.3. The molecule has 3 fully saturated rings. The van der Waals surface area contributed by atoms with Gasteiger partial charge in [-0.25, -0.2) is 13.6 Å². The summed E-state index contributed by atoms with van der Waals surface area (Å²) in [7, 11) is 0. The summed E-state index contributed by atoms with van der Waals surface area (Å²) in [5, 5.41) is 8.92. The van der Waals surface area contributed by atoms with Gasteiger partial charge in [-0.2, -0.15) is 5.26 Å². The molecule has 2 aromatic carbocycles. The molecule has 3 aromatic rings. The summed E-state index contributed by atoms with van der Waals surface area (Å²) in [6, 6.07) is 17.9. The maximum Gasteiger partial charge on any atom is 0.410 e. The average Bonchev–Trinajstić information content (AvgIpc) is 3.34. The van der Waals surface area contributed by atoms with Crippen molar-refractivity contribution in [2.75, 3.05) is 32.7 Å². The number of aromatic nitrogens is 1. The Hall–Kier alpha value is -4.36. The van der Waals surface area contributed by atoms with Crippen molar-refractivity contribution in [3.8, 4) is 6.07 Å². The van der Waals surface area contributed by atoms with Crippen molar-refractivity contribution in [1.82, 2.24) is 19.7 Å². The molecule has 0 radical (unpaired) electrons. The van der Waals surface area contributed by atoms with Gasteiger partial charge in [0.05, 0.1) is 36.0 Å². The number of carbonyl (C=O) groups is 2. The van der Waals surface area contributed by atoms with Crippen LogP contribution in [0.3, 0.4) is 0 Å². The number of hydrogen-bond acceptors (Lipinski definition) is 6. The third-order valence-electron chi connectivity index (χ3n) is 9.15. The van der Waals surface area contributed by atoms with Gasteiger partial charge < -0.3 is 9.64 Å². The highest BCUT2D eigenvalue weighted by Crippen LogP contribution is 2.35. The van der Waals surface area contributed by atoms with E-state index in [0.717, 1.165) is 44.5 Å². The molecule has 3 aliphatic heterocycles. The predicted octanol–water partition coefficient (Wildman–Crippen LogP) is 5.31. The zero-order valence-corrected chi connectivity index (χ0v) is 24.6. The Kier molecular flexibility index (Phi) is 8.58. The number of rotatable bonds is 7. The van der Waals surface area contributed by atoms with Crippen molar-refractivity contribution in [2.45, 2.75) is 50.8 Å². The van der Waals surface area contributed by atoms with Crippen LogP contribution in [0.15, 0.2) is 60.8 Å². The molecule has 228 valence electrons. The van der Waals surface area contributed by atoms with Crippen LogP contribution >= 0.6 is 0 Å². The molecule has 10 heteroatoms. The minimum atomic E-state index is -0.732. The first kappa shape index (κ1) is 29.7. The monoisotopic (exact) mass is 599 g/mol. The van der Waals surface area contributed by atoms with E-state index in [-0.39, 0.29) is 30.1 Å². The molecule has 0 aliphatic carbocycles. The molecule has 8 nitrogen and oxygen atoms in total. The second kappa shape index (κ2) is 12.7. The summed E-state index contributed by atoms with van der Waals surface area (Å²) in [6.07, 6.45) is 5.25. The zero-order valence-electron chi connectivity index (χ0n) is 24.6. The second-order valence-electron chi connectivity index (χ2n) is 12.2. The number of nitrogens with zero attached hydrogens (tertiary/aromatic N) is 5. The Morgan fingerprint density at radius 2 is 1.70 bits per heavy atom. The smallest absolute Gasteiger partial charge is 0.410 e. The number of piperidine rings is 2. The van der Waals surface area contributed by atoms with Crippen molar-refractivity contribution < 1.29 is 23.1 Å². The summed E-state index contributed by atoms with van der Waals surface area (Å²) in [5.41, 5.74) is 1.77. The Bertz CT molecular complexity index is 1520. The van der Waals surface area contributed by atoms with Crippen molar-refractivity contribution in [3.05, 3.63) is 100 Å². The van der Waals surface area contributed by atoms with Crippen molar-refractivity contribution in [2.24, 2.45) is 5.92 Å². The van der Waals surface area contributed by atoms with E-state index in [9.17, 15) is 18.4 Å². The zero-order chi connectivity index (χ0) is 30.7. The molecule has 1 spiro atoms. The lowest BCUT2D eigenvalue weighted by molar-refractivity contribution is -0.00165. The SMILES string of the molecule is N#Cc1cc(F)c(CN2CCC3(CC2)CN(Cc2ccc(C(=O)N4CCC(Cc5ccccc5)CC4)cn2)C(=O)O3)c(F)c1. The number of benzene rings is 2. The van der Waals surface area contributed by atoms with E-state index in [1.54, 1.807) is 29.3 Å². The van der Waals surface area contributed by atoms with Gasteiger partial charge in [0.15, 0.2) is 0 Å². The summed E-state index contributed by atoms with van der Waals surface area (Å²) in [4.78, 5) is 35.8. The van der Waals surface area contributed by atoms with Crippen LogP contribution in [0.25, 0.3) is 0 Å². The number of halogens is 2. The first-order valence-electron chi connectivity index (χ1n) is 15.2. The van der Waals surface area contributed by atoms with Crippen LogP contribution in [-0.4, -0.2) is 70.0 Å². The highest BCUT2D eigenvalue weighted by atomic mass is 19.1. The van der Waals surface area contributed by atoms with Crippen LogP contribution in [0, 0.1) is 28.9 Å². The molecule has 0 unspecified atom stereocenters. The normalized spacial score (nSPS) is 18.8. The summed E-state index contributed by atoms with van der Waals surface area (Å²) < 4.78 is 34.6. The molecule has 0 bridgehead atoms. The minimum absolute atomic E-state index is 0.0192. The van der Waals surface area contributed by atoms with Crippen molar-refractivity contribution in [3.63, 3.8) is 0 Å². The molecule has 0 atom stereocenters. The van der Waals surface area contributed by atoms with Crippen molar-refractivity contribution in [1.29, 1.82) is 5.26 Å². The van der Waals surface area contributed by atoms with Crippen LogP contribution in [0.1, 0.15) is 58.4 Å². The standard InChI is InChI=1S/C34H35F2N5O3/c35-30-17-26(19-37)18-31(36)29(30)22-39-14-10-34(11-15-39)23-41(33(43)44-34)21-28-7-6-27(20-38-28)32(42)40-12-8-25(9-13-40)16-24-4-2-1-3-5-24/h1-7,17-18,20,25H,8-16,21-23H2. The van der Waals surface area contributed by atoms with E-state index < -0.39 is 23.3 Å². The Balaban J connectivity index is 0.983. The Morgan fingerprint density at radius 1 is 1.00 bits per heavy atom. The number of hydrogen-bond donors (Lipinski definition) is 0. The predicted molar refractivity (Wildman–Crippen MR) is 158 cm³/mol. The van der Waals surface area contributed by atoms with Crippen LogP contribution in [0.5, 0.6) is 0 Å². The topological polar surface area (TPSA) is 89.8 Å². The molecule has 0 saturated carbocycles. The molecule has 44 heavy (non-hydrogen) atoms. The number of pyridine rings is 1. The highest BCUT2D eigenvalue weighted by Gasteiger charge is 2.47. The van der Waals surface area contributed by atoms with Crippen molar-refractivity contribution >= 4 is 12.0 Å². The van der Waals surface area contributed by atoms with E-state index >= 15 is 0 Å². The molecule has 4 heterocycles. The van der Waals surface area contributed by atoms with Gasteiger partial charge in [0.1, 0.15) is 17.2 Å². The van der Waals surface area contributed by atoms with Gasteiger partial charge in [-0.05, 0) is 55.0 Å². The van der Waals surface area contributed by atoms with Crippen LogP contribution in [0.2, 0.25) is 0 Å². The quantitative estimate of drug-likeness (QED) is 0.366. The highest BCUT2D eigenvalue weighted by molar-refractivity contribution is 5.94. The Labute approximate surface area is 255 Å². The van der Waals surface area contributed by atoms with Crippen LogP contribution < -0.4 is 0 Å². The van der Waals surface area contributed by atoms with Crippen LogP contribution in [-0.2, 0) is 24.2 Å². The third kappa shape index (κ3) is 6.58.